The average Bonchev–Trinajstić information content (AvgIpc) is 2.53. The van der Waals surface area contributed by atoms with Crippen LogP contribution in [0.25, 0.3) is 0 Å². The van der Waals surface area contributed by atoms with Crippen LogP contribution in [0.5, 0.6) is 5.75 Å². The van der Waals surface area contributed by atoms with Crippen molar-refractivity contribution in [2.45, 2.75) is 25.8 Å². The summed E-state index contributed by atoms with van der Waals surface area (Å²) >= 11 is 0. The summed E-state index contributed by atoms with van der Waals surface area (Å²) in [6.45, 7) is 2.12. The van der Waals surface area contributed by atoms with Gasteiger partial charge in [-0.3, -0.25) is 16.3 Å². The van der Waals surface area contributed by atoms with Gasteiger partial charge in [0.1, 0.15) is 5.75 Å². The van der Waals surface area contributed by atoms with Gasteiger partial charge >= 0.3 is 0 Å². The molecule has 1 unspecified atom stereocenters. The normalized spacial score (nSPS) is 12.2. The number of hydrogen-bond donors (Lipinski definition) is 2. The Kier molecular flexibility index (Phi) is 5.09. The Labute approximate surface area is 120 Å². The summed E-state index contributed by atoms with van der Waals surface area (Å²) < 4.78 is 5.39. The molecular weight excluding hydrogens is 250 g/mol. The van der Waals surface area contributed by atoms with Crippen molar-refractivity contribution in [3.05, 3.63) is 59.4 Å². The van der Waals surface area contributed by atoms with Crippen LogP contribution < -0.4 is 16.0 Å². The standard InChI is InChI=1S/C16H21N3O/c1-3-12-8-6-10-18-16(12)14(19-17)11-13-7-4-5-9-15(13)20-2/h4-10,14,19H,3,11,17H2,1-2H3. The predicted octanol–water partition coefficient (Wildman–Crippen LogP) is 2.40. The van der Waals surface area contributed by atoms with E-state index in [0.29, 0.717) is 0 Å². The van der Waals surface area contributed by atoms with Crippen molar-refractivity contribution in [2.24, 2.45) is 5.84 Å². The van der Waals surface area contributed by atoms with Gasteiger partial charge in [-0.25, -0.2) is 0 Å². The third kappa shape index (κ3) is 3.15. The molecule has 1 heterocycles. The number of benzene rings is 1. The highest BCUT2D eigenvalue weighted by molar-refractivity contribution is 5.35. The van der Waals surface area contributed by atoms with E-state index in [9.17, 15) is 0 Å². The molecule has 106 valence electrons. The Balaban J connectivity index is 2.29. The Bertz CT molecular complexity index is 557. The number of nitrogens with one attached hydrogen (secondary N) is 1. The number of pyridine rings is 1. The number of ether oxygens (including phenoxy) is 1. The minimum atomic E-state index is -0.0255. The van der Waals surface area contributed by atoms with Crippen molar-refractivity contribution in [3.63, 3.8) is 0 Å². The Hall–Kier alpha value is -1.91. The van der Waals surface area contributed by atoms with Gasteiger partial charge in [0.2, 0.25) is 0 Å². The minimum Gasteiger partial charge on any atom is -0.496 e. The predicted molar refractivity (Wildman–Crippen MR) is 80.4 cm³/mol. The minimum absolute atomic E-state index is 0.0255. The van der Waals surface area contributed by atoms with Crippen molar-refractivity contribution in [2.75, 3.05) is 7.11 Å². The van der Waals surface area contributed by atoms with E-state index in [-0.39, 0.29) is 6.04 Å². The van der Waals surface area contributed by atoms with Crippen molar-refractivity contribution in [1.82, 2.24) is 10.4 Å². The fourth-order valence-electron chi connectivity index (χ4n) is 2.39. The Morgan fingerprint density at radius 2 is 1.95 bits per heavy atom. The van der Waals surface area contributed by atoms with Gasteiger partial charge in [-0.2, -0.15) is 0 Å². The van der Waals surface area contributed by atoms with E-state index in [0.717, 1.165) is 29.8 Å². The van der Waals surface area contributed by atoms with Gasteiger partial charge in [-0.1, -0.05) is 31.2 Å². The zero-order valence-corrected chi connectivity index (χ0v) is 12.0. The van der Waals surface area contributed by atoms with Gasteiger partial charge in [0.15, 0.2) is 0 Å². The maximum absolute atomic E-state index is 5.74. The van der Waals surface area contributed by atoms with Crippen molar-refractivity contribution < 1.29 is 4.74 Å². The molecule has 2 aromatic rings. The number of hydrogen-bond acceptors (Lipinski definition) is 4. The van der Waals surface area contributed by atoms with E-state index in [1.807, 2.05) is 24.3 Å². The molecule has 1 atom stereocenters. The summed E-state index contributed by atoms with van der Waals surface area (Å²) in [5, 5.41) is 0. The summed E-state index contributed by atoms with van der Waals surface area (Å²) in [5.74, 6) is 6.61. The third-order valence-electron chi connectivity index (χ3n) is 3.45. The van der Waals surface area contributed by atoms with Crippen LogP contribution in [0.2, 0.25) is 0 Å². The van der Waals surface area contributed by atoms with Gasteiger partial charge < -0.3 is 4.74 Å². The molecule has 0 spiro atoms. The lowest BCUT2D eigenvalue weighted by molar-refractivity contribution is 0.405. The number of aromatic nitrogens is 1. The molecule has 0 aliphatic heterocycles. The van der Waals surface area contributed by atoms with Crippen LogP contribution in [-0.2, 0) is 12.8 Å². The number of hydrazine groups is 1. The quantitative estimate of drug-likeness (QED) is 0.625. The Morgan fingerprint density at radius 3 is 2.65 bits per heavy atom. The highest BCUT2D eigenvalue weighted by Gasteiger charge is 2.17. The number of nitrogens with two attached hydrogens (primary N) is 1. The molecule has 0 fully saturated rings. The monoisotopic (exact) mass is 271 g/mol. The van der Waals surface area contributed by atoms with Gasteiger partial charge in [-0.05, 0) is 36.1 Å². The molecule has 0 saturated carbocycles. The van der Waals surface area contributed by atoms with E-state index in [1.54, 1.807) is 13.3 Å². The zero-order chi connectivity index (χ0) is 14.4. The first-order valence-electron chi connectivity index (χ1n) is 6.82. The van der Waals surface area contributed by atoms with Crippen molar-refractivity contribution >= 4 is 0 Å². The number of aryl methyl sites for hydroxylation is 1. The summed E-state index contributed by atoms with van der Waals surface area (Å²) in [6.07, 6.45) is 3.48. The van der Waals surface area contributed by atoms with Gasteiger partial charge in [0.25, 0.3) is 0 Å². The van der Waals surface area contributed by atoms with Crippen LogP contribution in [0, 0.1) is 0 Å². The Morgan fingerprint density at radius 1 is 1.20 bits per heavy atom. The molecule has 20 heavy (non-hydrogen) atoms. The van der Waals surface area contributed by atoms with Gasteiger partial charge in [0.05, 0.1) is 18.8 Å². The average molecular weight is 271 g/mol. The summed E-state index contributed by atoms with van der Waals surface area (Å²) in [7, 11) is 1.68. The van der Waals surface area contributed by atoms with Crippen LogP contribution in [0.15, 0.2) is 42.6 Å². The molecule has 0 aliphatic rings. The topological polar surface area (TPSA) is 60.2 Å². The number of rotatable bonds is 6. The first kappa shape index (κ1) is 14.5. The molecule has 4 nitrogen and oxygen atoms in total. The highest BCUT2D eigenvalue weighted by atomic mass is 16.5. The molecular formula is C16H21N3O. The second kappa shape index (κ2) is 7.03. The largest absolute Gasteiger partial charge is 0.496 e. The summed E-state index contributed by atoms with van der Waals surface area (Å²) in [4.78, 5) is 4.49. The molecule has 0 aliphatic carbocycles. The maximum Gasteiger partial charge on any atom is 0.122 e. The van der Waals surface area contributed by atoms with Gasteiger partial charge in [-0.15, -0.1) is 0 Å². The fraction of sp³-hybridized carbons (Fsp3) is 0.312. The zero-order valence-electron chi connectivity index (χ0n) is 12.0. The van der Waals surface area contributed by atoms with Crippen molar-refractivity contribution in [1.29, 1.82) is 0 Å². The lowest BCUT2D eigenvalue weighted by Crippen LogP contribution is -2.31. The molecule has 0 bridgehead atoms. The second-order valence-electron chi connectivity index (χ2n) is 4.64. The highest BCUT2D eigenvalue weighted by Crippen LogP contribution is 2.25. The molecule has 4 heteroatoms. The fourth-order valence-corrected chi connectivity index (χ4v) is 2.39. The lowest BCUT2D eigenvalue weighted by Gasteiger charge is -2.19. The van der Waals surface area contributed by atoms with Crippen LogP contribution in [0.1, 0.15) is 29.8 Å². The van der Waals surface area contributed by atoms with E-state index >= 15 is 0 Å². The molecule has 0 amide bonds. The van der Waals surface area contributed by atoms with E-state index < -0.39 is 0 Å². The van der Waals surface area contributed by atoms with Crippen LogP contribution in [0.4, 0.5) is 0 Å². The third-order valence-corrected chi connectivity index (χ3v) is 3.45. The SMILES string of the molecule is CCc1cccnc1C(Cc1ccccc1OC)NN. The number of para-hydroxylation sites is 1. The van der Waals surface area contributed by atoms with Gasteiger partial charge in [0, 0.05) is 6.20 Å². The molecule has 3 N–H and O–H groups in total. The van der Waals surface area contributed by atoms with Crippen LogP contribution in [-0.4, -0.2) is 12.1 Å². The van der Waals surface area contributed by atoms with E-state index in [2.05, 4.69) is 29.5 Å². The molecule has 2 rings (SSSR count). The maximum atomic E-state index is 5.74. The van der Waals surface area contributed by atoms with Crippen molar-refractivity contribution in [3.8, 4) is 5.75 Å². The second-order valence-corrected chi connectivity index (χ2v) is 4.64. The first-order chi connectivity index (χ1) is 9.80. The van der Waals surface area contributed by atoms with E-state index in [4.69, 9.17) is 10.6 Å². The lowest BCUT2D eigenvalue weighted by atomic mass is 9.98. The molecule has 1 aromatic carbocycles. The first-order valence-corrected chi connectivity index (χ1v) is 6.82. The molecule has 0 radical (unpaired) electrons. The summed E-state index contributed by atoms with van der Waals surface area (Å²) in [5.41, 5.74) is 6.21. The molecule has 0 saturated heterocycles. The number of nitrogens with zero attached hydrogens (tertiary/aromatic N) is 1. The summed E-state index contributed by atoms with van der Waals surface area (Å²) in [6, 6.07) is 12.0. The van der Waals surface area contributed by atoms with Crippen LogP contribution >= 0.6 is 0 Å². The molecule has 1 aromatic heterocycles. The van der Waals surface area contributed by atoms with Crippen LogP contribution in [0.3, 0.4) is 0 Å². The van der Waals surface area contributed by atoms with E-state index in [1.165, 1.54) is 5.56 Å². The number of methoxy groups -OCH3 is 1. The smallest absolute Gasteiger partial charge is 0.122 e.